The smallest absolute Gasteiger partial charge is 0.337 e. The first kappa shape index (κ1) is 20.4. The first-order chi connectivity index (χ1) is 12.7. The summed E-state index contributed by atoms with van der Waals surface area (Å²) in [7, 11) is 1.18. The minimum atomic E-state index is -0.975. The van der Waals surface area contributed by atoms with Crippen molar-refractivity contribution < 1.29 is 24.0 Å². The molecule has 0 spiro atoms. The SMILES string of the molecule is COC(=O)C1=C(Cl)NC(C)=C(C(=O)OC(C)C)C1c1cccc([N+](=O)[O-])c1. The van der Waals surface area contributed by atoms with E-state index in [1.165, 1.54) is 25.3 Å². The summed E-state index contributed by atoms with van der Waals surface area (Å²) in [6.45, 7) is 4.99. The van der Waals surface area contributed by atoms with Crippen molar-refractivity contribution in [2.75, 3.05) is 7.11 Å². The number of esters is 2. The molecule has 144 valence electrons. The van der Waals surface area contributed by atoms with Crippen molar-refractivity contribution in [2.24, 2.45) is 0 Å². The average molecular weight is 395 g/mol. The van der Waals surface area contributed by atoms with Crippen LogP contribution in [0.4, 0.5) is 5.69 Å². The molecule has 27 heavy (non-hydrogen) atoms. The van der Waals surface area contributed by atoms with Gasteiger partial charge in [-0.2, -0.15) is 0 Å². The molecule has 0 amide bonds. The number of benzene rings is 1. The van der Waals surface area contributed by atoms with Crippen LogP contribution < -0.4 is 5.32 Å². The number of halogens is 1. The topological polar surface area (TPSA) is 108 Å². The van der Waals surface area contributed by atoms with Crippen LogP contribution in [0.2, 0.25) is 0 Å². The van der Waals surface area contributed by atoms with Crippen molar-refractivity contribution in [1.29, 1.82) is 0 Å². The number of nitro groups is 1. The second kappa shape index (κ2) is 8.22. The lowest BCUT2D eigenvalue weighted by molar-refractivity contribution is -0.384. The van der Waals surface area contributed by atoms with Gasteiger partial charge in [-0.3, -0.25) is 10.1 Å². The molecule has 8 nitrogen and oxygen atoms in total. The van der Waals surface area contributed by atoms with E-state index in [0.717, 1.165) is 0 Å². The van der Waals surface area contributed by atoms with Crippen LogP contribution in [-0.4, -0.2) is 30.1 Å². The number of non-ortho nitro benzene ring substituents is 1. The molecule has 2 rings (SSSR count). The van der Waals surface area contributed by atoms with Crippen molar-refractivity contribution in [3.8, 4) is 0 Å². The van der Waals surface area contributed by atoms with Crippen molar-refractivity contribution in [2.45, 2.75) is 32.8 Å². The second-order valence-corrected chi connectivity index (χ2v) is 6.50. The molecule has 0 bridgehead atoms. The quantitative estimate of drug-likeness (QED) is 0.353. The third kappa shape index (κ3) is 4.28. The minimum Gasteiger partial charge on any atom is -0.466 e. The van der Waals surface area contributed by atoms with Crippen LogP contribution in [0.25, 0.3) is 0 Å². The number of ether oxygens (including phenoxy) is 2. The number of nitrogens with one attached hydrogen (secondary N) is 1. The number of hydrogen-bond donors (Lipinski definition) is 1. The zero-order valence-electron chi connectivity index (χ0n) is 15.2. The lowest BCUT2D eigenvalue weighted by Crippen LogP contribution is -2.32. The van der Waals surface area contributed by atoms with Crippen LogP contribution in [-0.2, 0) is 19.1 Å². The Hall–Kier alpha value is -2.87. The Morgan fingerprint density at radius 3 is 2.48 bits per heavy atom. The molecule has 1 N–H and O–H groups in total. The number of dihydropyridines is 1. The molecule has 1 aromatic carbocycles. The number of carbonyl (C=O) groups is 2. The molecule has 0 saturated carbocycles. The third-order valence-electron chi connectivity index (χ3n) is 3.90. The minimum absolute atomic E-state index is 0.0167. The lowest BCUT2D eigenvalue weighted by Gasteiger charge is -2.29. The Morgan fingerprint density at radius 1 is 1.26 bits per heavy atom. The van der Waals surface area contributed by atoms with E-state index in [2.05, 4.69) is 5.32 Å². The van der Waals surface area contributed by atoms with E-state index in [1.54, 1.807) is 26.8 Å². The Balaban J connectivity index is 2.69. The Labute approximate surface area is 160 Å². The number of methoxy groups -OCH3 is 1. The van der Waals surface area contributed by atoms with E-state index in [4.69, 9.17) is 21.1 Å². The Kier molecular flexibility index (Phi) is 6.22. The van der Waals surface area contributed by atoms with Crippen molar-refractivity contribution in [1.82, 2.24) is 5.32 Å². The summed E-state index contributed by atoms with van der Waals surface area (Å²) in [4.78, 5) is 35.7. The standard InChI is InChI=1S/C18H19ClN2O6/c1-9(2)27-18(23)13-10(3)20-16(19)15(17(22)26-4)14(13)11-6-5-7-12(8-11)21(24)25/h5-9,14,20H,1-4H3. The van der Waals surface area contributed by atoms with E-state index in [-0.39, 0.29) is 22.0 Å². The Bertz CT molecular complexity index is 859. The molecule has 0 aliphatic carbocycles. The summed E-state index contributed by atoms with van der Waals surface area (Å²) >= 11 is 6.22. The van der Waals surface area contributed by atoms with Gasteiger partial charge in [-0.15, -0.1) is 0 Å². The lowest BCUT2D eigenvalue weighted by atomic mass is 9.82. The zero-order chi connectivity index (χ0) is 20.3. The van der Waals surface area contributed by atoms with Crippen LogP contribution in [0, 0.1) is 10.1 Å². The van der Waals surface area contributed by atoms with Gasteiger partial charge in [0.1, 0.15) is 5.16 Å². The maximum Gasteiger partial charge on any atom is 0.337 e. The number of nitro benzene ring substituents is 1. The fraction of sp³-hybridized carbons (Fsp3) is 0.333. The maximum absolute atomic E-state index is 12.7. The van der Waals surface area contributed by atoms with E-state index >= 15 is 0 Å². The summed E-state index contributed by atoms with van der Waals surface area (Å²) in [6.07, 6.45) is -0.397. The number of nitrogens with zero attached hydrogens (tertiary/aromatic N) is 1. The van der Waals surface area contributed by atoms with Crippen LogP contribution in [0.3, 0.4) is 0 Å². The van der Waals surface area contributed by atoms with Gasteiger partial charge in [0, 0.05) is 17.8 Å². The van der Waals surface area contributed by atoms with E-state index in [0.29, 0.717) is 11.3 Å². The van der Waals surface area contributed by atoms with Gasteiger partial charge in [0.2, 0.25) is 0 Å². The molecule has 1 aliphatic heterocycles. The van der Waals surface area contributed by atoms with Crippen LogP contribution >= 0.6 is 11.6 Å². The predicted octanol–water partition coefficient (Wildman–Crippen LogP) is 3.13. The van der Waals surface area contributed by atoms with Gasteiger partial charge in [-0.05, 0) is 26.3 Å². The average Bonchev–Trinajstić information content (AvgIpc) is 2.59. The first-order valence-electron chi connectivity index (χ1n) is 8.08. The molecule has 1 atom stereocenters. The van der Waals surface area contributed by atoms with E-state index < -0.39 is 28.9 Å². The molecule has 0 fully saturated rings. The molecule has 1 aliphatic rings. The number of allylic oxidation sites excluding steroid dienone is 1. The molecular weight excluding hydrogens is 376 g/mol. The Morgan fingerprint density at radius 2 is 1.93 bits per heavy atom. The van der Waals surface area contributed by atoms with Crippen molar-refractivity contribution >= 4 is 29.2 Å². The number of hydrogen-bond acceptors (Lipinski definition) is 7. The van der Waals surface area contributed by atoms with Gasteiger partial charge in [-0.25, -0.2) is 9.59 Å². The molecular formula is C18H19ClN2O6. The largest absolute Gasteiger partial charge is 0.466 e. The molecule has 0 aromatic heterocycles. The summed E-state index contributed by atoms with van der Waals surface area (Å²) in [5.74, 6) is -2.39. The highest BCUT2D eigenvalue weighted by Crippen LogP contribution is 2.41. The molecule has 0 saturated heterocycles. The summed E-state index contributed by atoms with van der Waals surface area (Å²) in [5, 5.41) is 13.9. The molecule has 0 radical (unpaired) electrons. The second-order valence-electron chi connectivity index (χ2n) is 6.12. The van der Waals surface area contributed by atoms with Gasteiger partial charge in [0.05, 0.1) is 35.2 Å². The number of carbonyl (C=O) groups excluding carboxylic acids is 2. The van der Waals surface area contributed by atoms with Crippen LogP contribution in [0.5, 0.6) is 0 Å². The van der Waals surface area contributed by atoms with Gasteiger partial charge in [-0.1, -0.05) is 23.7 Å². The summed E-state index contributed by atoms with van der Waals surface area (Å²) in [5.41, 5.74) is 0.657. The molecule has 1 unspecified atom stereocenters. The monoisotopic (exact) mass is 394 g/mol. The van der Waals surface area contributed by atoms with E-state index in [1.807, 2.05) is 0 Å². The van der Waals surface area contributed by atoms with Crippen molar-refractivity contribution in [3.63, 3.8) is 0 Å². The third-order valence-corrected chi connectivity index (χ3v) is 4.20. The fourth-order valence-electron chi connectivity index (χ4n) is 2.80. The highest BCUT2D eigenvalue weighted by Gasteiger charge is 2.39. The predicted molar refractivity (Wildman–Crippen MR) is 97.8 cm³/mol. The molecule has 1 heterocycles. The first-order valence-corrected chi connectivity index (χ1v) is 8.46. The molecule has 1 aromatic rings. The van der Waals surface area contributed by atoms with Gasteiger partial charge in [0.25, 0.3) is 5.69 Å². The van der Waals surface area contributed by atoms with Gasteiger partial charge in [0.15, 0.2) is 0 Å². The highest BCUT2D eigenvalue weighted by atomic mass is 35.5. The highest BCUT2D eigenvalue weighted by molar-refractivity contribution is 6.32. The molecule has 9 heteroatoms. The van der Waals surface area contributed by atoms with E-state index in [9.17, 15) is 19.7 Å². The normalized spacial score (nSPS) is 16.9. The fourth-order valence-corrected chi connectivity index (χ4v) is 3.13. The zero-order valence-corrected chi connectivity index (χ0v) is 16.0. The van der Waals surface area contributed by atoms with Crippen LogP contribution in [0.15, 0.2) is 46.3 Å². The number of rotatable bonds is 5. The van der Waals surface area contributed by atoms with Gasteiger partial charge < -0.3 is 14.8 Å². The van der Waals surface area contributed by atoms with Crippen molar-refractivity contribution in [3.05, 3.63) is 61.9 Å². The maximum atomic E-state index is 12.7. The van der Waals surface area contributed by atoms with Gasteiger partial charge >= 0.3 is 11.9 Å². The summed E-state index contributed by atoms with van der Waals surface area (Å²) in [6, 6.07) is 5.65. The summed E-state index contributed by atoms with van der Waals surface area (Å²) < 4.78 is 10.1. The van der Waals surface area contributed by atoms with Crippen LogP contribution in [0.1, 0.15) is 32.3 Å².